The number of aromatic hydroxyl groups is 9. The Balaban J connectivity index is 1.24. The van der Waals surface area contributed by atoms with Crippen LogP contribution in [0.4, 0.5) is 0 Å². The molecule has 0 saturated heterocycles. The van der Waals surface area contributed by atoms with Gasteiger partial charge in [0.05, 0.1) is 16.2 Å². The molecule has 10 nitrogen and oxygen atoms in total. The van der Waals surface area contributed by atoms with Crippen LogP contribution in [-0.2, 0) is 0 Å². The van der Waals surface area contributed by atoms with E-state index >= 15 is 0 Å². The zero-order valence-corrected chi connectivity index (χ0v) is 31.1. The third kappa shape index (κ3) is 4.46. The summed E-state index contributed by atoms with van der Waals surface area (Å²) in [5.74, 6) is -8.98. The maximum atomic E-state index is 11.7. The van der Waals surface area contributed by atoms with E-state index in [9.17, 15) is 46.0 Å². The van der Waals surface area contributed by atoms with Crippen molar-refractivity contribution in [3.05, 3.63) is 127 Å². The number of benzene rings is 10. The normalized spacial score (nSPS) is 11.9. The number of phenols is 9. The Morgan fingerprint density at radius 2 is 0.733 bits per heavy atom. The topological polar surface area (TPSA) is 195 Å². The standard InChI is InChI=1S/C50H30O10/c51-40-35(36-38-43(54)41(52)37-39(44(55)46(57)45(56)42(37)53)49(38)60-50(36)48(59)47(40)58)31-18-8-11-23-19-20-24(21-32(23)31)33-27-13-3-5-15-29(27)34(30-16-6-4-14-28(30)33)26-17-7-10-22-9-1-2-12-25(22)26/h1-21,51-59H. The number of furan rings is 1. The highest BCUT2D eigenvalue weighted by Crippen LogP contribution is 2.61. The van der Waals surface area contributed by atoms with E-state index in [1.807, 2.05) is 60.7 Å². The molecule has 11 rings (SSSR count). The molecule has 0 amide bonds. The van der Waals surface area contributed by atoms with Crippen molar-refractivity contribution in [2.45, 2.75) is 0 Å². The fourth-order valence-corrected chi connectivity index (χ4v) is 9.16. The highest BCUT2D eigenvalue weighted by molar-refractivity contribution is 6.29. The van der Waals surface area contributed by atoms with Gasteiger partial charge in [0.1, 0.15) is 0 Å². The second-order valence-corrected chi connectivity index (χ2v) is 14.9. The molecular formula is C50H30O10. The van der Waals surface area contributed by atoms with Crippen LogP contribution in [0.25, 0.3) is 109 Å². The van der Waals surface area contributed by atoms with Crippen molar-refractivity contribution in [3.63, 3.8) is 0 Å². The van der Waals surface area contributed by atoms with E-state index in [2.05, 4.69) is 54.6 Å². The first-order chi connectivity index (χ1) is 29.1. The third-order valence-corrected chi connectivity index (χ3v) is 11.8. The predicted molar refractivity (Wildman–Crippen MR) is 233 cm³/mol. The van der Waals surface area contributed by atoms with Gasteiger partial charge in [-0.05, 0) is 77.0 Å². The number of rotatable bonds is 3. The molecule has 1 heterocycles. The minimum Gasteiger partial charge on any atom is -0.504 e. The van der Waals surface area contributed by atoms with E-state index < -0.39 is 73.7 Å². The lowest BCUT2D eigenvalue weighted by molar-refractivity contribution is 0.349. The molecule has 10 aromatic carbocycles. The number of hydrogen-bond acceptors (Lipinski definition) is 10. The van der Waals surface area contributed by atoms with Gasteiger partial charge in [0.15, 0.2) is 39.9 Å². The fraction of sp³-hybridized carbons (Fsp3) is 0. The Hall–Kier alpha value is -8.50. The van der Waals surface area contributed by atoms with Gasteiger partial charge >= 0.3 is 0 Å². The van der Waals surface area contributed by atoms with Crippen molar-refractivity contribution in [1.82, 2.24) is 0 Å². The lowest BCUT2D eigenvalue weighted by atomic mass is 9.84. The molecule has 0 aliphatic rings. The molecule has 0 radical (unpaired) electrons. The summed E-state index contributed by atoms with van der Waals surface area (Å²) in [4.78, 5) is 0. The van der Waals surface area contributed by atoms with Crippen LogP contribution in [0.15, 0.2) is 132 Å². The Bertz CT molecular complexity index is 3650. The quantitative estimate of drug-likeness (QED) is 0.0472. The zero-order chi connectivity index (χ0) is 41.3. The van der Waals surface area contributed by atoms with Crippen molar-refractivity contribution in [2.24, 2.45) is 0 Å². The summed E-state index contributed by atoms with van der Waals surface area (Å²) in [6, 6.07) is 42.3. The van der Waals surface area contributed by atoms with Gasteiger partial charge in [0.25, 0.3) is 0 Å². The average Bonchev–Trinajstić information content (AvgIpc) is 3.67. The molecular weight excluding hydrogens is 761 g/mol. The van der Waals surface area contributed by atoms with Crippen molar-refractivity contribution in [3.8, 4) is 85.1 Å². The van der Waals surface area contributed by atoms with Crippen molar-refractivity contribution >= 4 is 75.8 Å². The van der Waals surface area contributed by atoms with E-state index in [1.165, 1.54) is 0 Å². The summed E-state index contributed by atoms with van der Waals surface area (Å²) in [5, 5.41) is 105. The Morgan fingerprint density at radius 3 is 1.37 bits per heavy atom. The fourth-order valence-electron chi connectivity index (χ4n) is 9.16. The third-order valence-electron chi connectivity index (χ3n) is 11.8. The molecule has 0 aliphatic carbocycles. The zero-order valence-electron chi connectivity index (χ0n) is 31.1. The van der Waals surface area contributed by atoms with Gasteiger partial charge in [-0.2, -0.15) is 0 Å². The molecule has 0 aliphatic heterocycles. The molecule has 0 spiro atoms. The van der Waals surface area contributed by atoms with Crippen LogP contribution in [-0.4, -0.2) is 46.0 Å². The summed E-state index contributed by atoms with van der Waals surface area (Å²) in [7, 11) is 0. The highest BCUT2D eigenvalue weighted by Gasteiger charge is 2.33. The number of hydrogen-bond donors (Lipinski definition) is 9. The van der Waals surface area contributed by atoms with Crippen LogP contribution < -0.4 is 0 Å². The summed E-state index contributed by atoms with van der Waals surface area (Å²) in [6.45, 7) is 0. The molecule has 290 valence electrons. The summed E-state index contributed by atoms with van der Waals surface area (Å²) in [6.07, 6.45) is 0. The smallest absolute Gasteiger partial charge is 0.205 e. The van der Waals surface area contributed by atoms with Crippen LogP contribution in [0, 0.1) is 0 Å². The minimum absolute atomic E-state index is 0.108. The molecule has 1 aromatic heterocycles. The molecule has 0 saturated carbocycles. The van der Waals surface area contributed by atoms with Gasteiger partial charge < -0.3 is 50.4 Å². The second-order valence-electron chi connectivity index (χ2n) is 14.9. The first-order valence-corrected chi connectivity index (χ1v) is 18.9. The summed E-state index contributed by atoms with van der Waals surface area (Å²) in [5.41, 5.74) is 3.28. The Morgan fingerprint density at radius 1 is 0.283 bits per heavy atom. The van der Waals surface area contributed by atoms with Crippen LogP contribution >= 0.6 is 0 Å². The first-order valence-electron chi connectivity index (χ1n) is 18.9. The lowest BCUT2D eigenvalue weighted by Crippen LogP contribution is -1.92. The van der Waals surface area contributed by atoms with Crippen LogP contribution in [0.1, 0.15) is 0 Å². The van der Waals surface area contributed by atoms with E-state index in [-0.39, 0.29) is 16.3 Å². The molecule has 0 atom stereocenters. The Kier molecular flexibility index (Phi) is 7.09. The largest absolute Gasteiger partial charge is 0.504 e. The maximum absolute atomic E-state index is 11.7. The average molecular weight is 791 g/mol. The van der Waals surface area contributed by atoms with Crippen LogP contribution in [0.5, 0.6) is 51.7 Å². The van der Waals surface area contributed by atoms with E-state index in [4.69, 9.17) is 4.42 Å². The monoisotopic (exact) mass is 790 g/mol. The van der Waals surface area contributed by atoms with Crippen molar-refractivity contribution in [1.29, 1.82) is 0 Å². The summed E-state index contributed by atoms with van der Waals surface area (Å²) >= 11 is 0. The number of fused-ring (bicyclic) bond motifs is 9. The van der Waals surface area contributed by atoms with Gasteiger partial charge in [0, 0.05) is 10.9 Å². The lowest BCUT2D eigenvalue weighted by Gasteiger charge is -2.19. The minimum atomic E-state index is -1.17. The van der Waals surface area contributed by atoms with Gasteiger partial charge in [-0.25, -0.2) is 0 Å². The van der Waals surface area contributed by atoms with Gasteiger partial charge in [-0.15, -0.1) is 0 Å². The van der Waals surface area contributed by atoms with Gasteiger partial charge in [-0.1, -0.05) is 121 Å². The maximum Gasteiger partial charge on any atom is 0.205 e. The second kappa shape index (κ2) is 12.3. The molecule has 11 aromatic rings. The number of phenolic OH excluding ortho intramolecular Hbond substituents is 9. The molecule has 9 N–H and O–H groups in total. The summed E-state index contributed by atoms with van der Waals surface area (Å²) < 4.78 is 5.98. The van der Waals surface area contributed by atoms with E-state index in [0.29, 0.717) is 10.9 Å². The van der Waals surface area contributed by atoms with Gasteiger partial charge in [0.2, 0.25) is 23.0 Å². The van der Waals surface area contributed by atoms with Gasteiger partial charge in [-0.3, -0.25) is 0 Å². The first kappa shape index (κ1) is 34.7. The van der Waals surface area contributed by atoms with Crippen molar-refractivity contribution in [2.75, 3.05) is 0 Å². The van der Waals surface area contributed by atoms with E-state index in [0.717, 1.165) is 60.0 Å². The highest BCUT2D eigenvalue weighted by atomic mass is 16.4. The molecule has 60 heavy (non-hydrogen) atoms. The molecule has 10 heteroatoms. The van der Waals surface area contributed by atoms with Crippen LogP contribution in [0.3, 0.4) is 0 Å². The Labute approximate surface area is 337 Å². The van der Waals surface area contributed by atoms with Crippen molar-refractivity contribution < 1.29 is 50.4 Å². The predicted octanol–water partition coefficient (Wildman–Crippen LogP) is 11.7. The van der Waals surface area contributed by atoms with E-state index in [1.54, 1.807) is 12.1 Å². The molecule has 0 unspecified atom stereocenters. The van der Waals surface area contributed by atoms with Crippen LogP contribution in [0.2, 0.25) is 0 Å². The molecule has 0 fully saturated rings. The SMILES string of the molecule is Oc1c(O)c(-c2cccc3ccc(-c4c5ccccc5c(-c5cccc6ccccc56)c5ccccc45)cc23)c2c(oc3c4c(O)c(O)c(O)c(O)c4c(O)c(O)c32)c1O. The molecule has 0 bridgehead atoms.